The first-order valence-electron chi connectivity index (χ1n) is 5.02. The van der Waals surface area contributed by atoms with E-state index in [1.54, 1.807) is 6.92 Å². The maximum Gasteiger partial charge on any atom is 0.166 e. The Morgan fingerprint density at radius 3 is 2.87 bits per heavy atom. The Labute approximate surface area is 89.5 Å². The highest BCUT2D eigenvalue weighted by Gasteiger charge is 2.36. The SMILES string of the molecule is C=C(N)C(O)CCC1(C)OCC(CO)O1. The molecule has 1 rings (SSSR count). The summed E-state index contributed by atoms with van der Waals surface area (Å²) < 4.78 is 10.9. The third-order valence-corrected chi connectivity index (χ3v) is 2.49. The predicted octanol–water partition coefficient (Wildman–Crippen LogP) is -0.276. The van der Waals surface area contributed by atoms with Crippen LogP contribution in [-0.4, -0.2) is 41.4 Å². The predicted molar refractivity (Wildman–Crippen MR) is 54.9 cm³/mol. The van der Waals surface area contributed by atoms with Gasteiger partial charge in [0.1, 0.15) is 6.10 Å². The second-order valence-corrected chi connectivity index (χ2v) is 4.00. The average Bonchev–Trinajstić information content (AvgIpc) is 2.57. The quantitative estimate of drug-likeness (QED) is 0.590. The number of ether oxygens (including phenoxy) is 2. The molecule has 0 aromatic heterocycles. The number of aliphatic hydroxyl groups is 2. The number of rotatable bonds is 5. The van der Waals surface area contributed by atoms with Gasteiger partial charge in [0, 0.05) is 12.1 Å². The van der Waals surface area contributed by atoms with Crippen LogP contribution in [0.2, 0.25) is 0 Å². The highest BCUT2D eigenvalue weighted by Crippen LogP contribution is 2.28. The Morgan fingerprint density at radius 2 is 2.40 bits per heavy atom. The molecule has 1 aliphatic heterocycles. The molecule has 1 saturated heterocycles. The molecule has 0 radical (unpaired) electrons. The molecule has 0 aliphatic carbocycles. The second-order valence-electron chi connectivity index (χ2n) is 4.00. The number of aliphatic hydroxyl groups excluding tert-OH is 2. The third kappa shape index (κ3) is 3.46. The van der Waals surface area contributed by atoms with Crippen LogP contribution in [0.25, 0.3) is 0 Å². The van der Waals surface area contributed by atoms with Crippen molar-refractivity contribution in [3.05, 3.63) is 12.3 Å². The fourth-order valence-electron chi connectivity index (χ4n) is 1.50. The Balaban J connectivity index is 2.35. The van der Waals surface area contributed by atoms with E-state index in [4.69, 9.17) is 20.3 Å². The molecular formula is C10H19NO4. The molecule has 0 aromatic rings. The summed E-state index contributed by atoms with van der Waals surface area (Å²) in [6.07, 6.45) is -0.0550. The Kier molecular flexibility index (Phi) is 4.10. The number of hydrogen-bond acceptors (Lipinski definition) is 5. The van der Waals surface area contributed by atoms with Crippen LogP contribution >= 0.6 is 0 Å². The van der Waals surface area contributed by atoms with Crippen LogP contribution in [0, 0.1) is 0 Å². The van der Waals surface area contributed by atoms with Crippen LogP contribution < -0.4 is 5.73 Å². The molecule has 0 saturated carbocycles. The van der Waals surface area contributed by atoms with Gasteiger partial charge in [0.2, 0.25) is 0 Å². The smallest absolute Gasteiger partial charge is 0.166 e. The van der Waals surface area contributed by atoms with E-state index in [0.717, 1.165) is 0 Å². The van der Waals surface area contributed by atoms with Crippen molar-refractivity contribution < 1.29 is 19.7 Å². The lowest BCUT2D eigenvalue weighted by Crippen LogP contribution is -2.30. The van der Waals surface area contributed by atoms with Gasteiger partial charge in [-0.1, -0.05) is 6.58 Å². The van der Waals surface area contributed by atoms with Crippen molar-refractivity contribution in [2.24, 2.45) is 5.73 Å². The first-order valence-corrected chi connectivity index (χ1v) is 5.02. The van der Waals surface area contributed by atoms with E-state index in [-0.39, 0.29) is 18.4 Å². The topological polar surface area (TPSA) is 84.9 Å². The summed E-state index contributed by atoms with van der Waals surface area (Å²) in [5, 5.41) is 18.3. The van der Waals surface area contributed by atoms with E-state index in [0.29, 0.717) is 19.4 Å². The van der Waals surface area contributed by atoms with Crippen LogP contribution in [0.3, 0.4) is 0 Å². The highest BCUT2D eigenvalue weighted by atomic mass is 16.7. The van der Waals surface area contributed by atoms with E-state index >= 15 is 0 Å². The molecule has 5 heteroatoms. The van der Waals surface area contributed by atoms with E-state index in [9.17, 15) is 5.11 Å². The van der Waals surface area contributed by atoms with Crippen molar-refractivity contribution in [3.8, 4) is 0 Å². The summed E-state index contributed by atoms with van der Waals surface area (Å²) in [5.41, 5.74) is 5.60. The molecule has 3 atom stereocenters. The molecule has 0 bridgehead atoms. The van der Waals surface area contributed by atoms with Crippen LogP contribution in [0.4, 0.5) is 0 Å². The minimum atomic E-state index is -0.734. The molecule has 1 fully saturated rings. The molecule has 0 aromatic carbocycles. The van der Waals surface area contributed by atoms with Crippen LogP contribution in [0.15, 0.2) is 12.3 Å². The van der Waals surface area contributed by atoms with Gasteiger partial charge in [-0.15, -0.1) is 0 Å². The zero-order chi connectivity index (χ0) is 11.5. The van der Waals surface area contributed by atoms with Gasteiger partial charge >= 0.3 is 0 Å². The van der Waals surface area contributed by atoms with E-state index in [1.807, 2.05) is 0 Å². The normalized spacial score (nSPS) is 32.9. The van der Waals surface area contributed by atoms with Gasteiger partial charge in [-0.05, 0) is 13.3 Å². The first kappa shape index (κ1) is 12.4. The maximum atomic E-state index is 9.44. The summed E-state index contributed by atoms with van der Waals surface area (Å²) in [6.45, 7) is 5.57. The van der Waals surface area contributed by atoms with E-state index in [1.165, 1.54) is 0 Å². The Bertz CT molecular complexity index is 233. The van der Waals surface area contributed by atoms with Crippen molar-refractivity contribution >= 4 is 0 Å². The van der Waals surface area contributed by atoms with Crippen molar-refractivity contribution in [1.82, 2.24) is 0 Å². The maximum absolute atomic E-state index is 9.44. The molecule has 0 amide bonds. The van der Waals surface area contributed by atoms with Gasteiger partial charge in [0.15, 0.2) is 5.79 Å². The van der Waals surface area contributed by atoms with Gasteiger partial charge < -0.3 is 25.4 Å². The molecule has 4 N–H and O–H groups in total. The molecular weight excluding hydrogens is 198 g/mol. The lowest BCUT2D eigenvalue weighted by Gasteiger charge is -2.24. The van der Waals surface area contributed by atoms with Crippen molar-refractivity contribution in [2.75, 3.05) is 13.2 Å². The first-order chi connectivity index (χ1) is 6.97. The minimum absolute atomic E-state index is 0.0538. The zero-order valence-electron chi connectivity index (χ0n) is 8.98. The summed E-state index contributed by atoms with van der Waals surface area (Å²) in [6, 6.07) is 0. The highest BCUT2D eigenvalue weighted by molar-refractivity contribution is 4.95. The van der Waals surface area contributed by atoms with E-state index < -0.39 is 11.9 Å². The molecule has 5 nitrogen and oxygen atoms in total. The fraction of sp³-hybridized carbons (Fsp3) is 0.800. The van der Waals surface area contributed by atoms with Crippen LogP contribution in [-0.2, 0) is 9.47 Å². The lowest BCUT2D eigenvalue weighted by molar-refractivity contribution is -0.165. The molecule has 0 spiro atoms. The largest absolute Gasteiger partial charge is 0.400 e. The van der Waals surface area contributed by atoms with Crippen LogP contribution in [0.1, 0.15) is 19.8 Å². The Morgan fingerprint density at radius 1 is 1.73 bits per heavy atom. The summed E-state index contributed by atoms with van der Waals surface area (Å²) in [7, 11) is 0. The zero-order valence-corrected chi connectivity index (χ0v) is 8.98. The standard InChI is InChI=1S/C10H19NO4/c1-7(11)9(13)3-4-10(2)14-6-8(5-12)15-10/h8-9,12-13H,1,3-6,11H2,2H3. The summed E-state index contributed by atoms with van der Waals surface area (Å²) >= 11 is 0. The van der Waals surface area contributed by atoms with Gasteiger partial charge in [0.25, 0.3) is 0 Å². The summed E-state index contributed by atoms with van der Waals surface area (Å²) in [5.74, 6) is -0.732. The van der Waals surface area contributed by atoms with E-state index in [2.05, 4.69) is 6.58 Å². The number of nitrogens with two attached hydrogens (primary N) is 1. The lowest BCUT2D eigenvalue weighted by atomic mass is 10.1. The van der Waals surface area contributed by atoms with Crippen LogP contribution in [0.5, 0.6) is 0 Å². The molecule has 88 valence electrons. The van der Waals surface area contributed by atoms with Gasteiger partial charge in [-0.2, -0.15) is 0 Å². The third-order valence-electron chi connectivity index (χ3n) is 2.49. The summed E-state index contributed by atoms with van der Waals surface area (Å²) in [4.78, 5) is 0. The fourth-order valence-corrected chi connectivity index (χ4v) is 1.50. The number of hydrogen-bond donors (Lipinski definition) is 3. The average molecular weight is 217 g/mol. The monoisotopic (exact) mass is 217 g/mol. The van der Waals surface area contributed by atoms with Crippen molar-refractivity contribution in [2.45, 2.75) is 37.8 Å². The molecule has 3 unspecified atom stereocenters. The molecule has 15 heavy (non-hydrogen) atoms. The van der Waals surface area contributed by atoms with Crippen molar-refractivity contribution in [1.29, 1.82) is 0 Å². The molecule has 1 aliphatic rings. The Hall–Kier alpha value is -0.620. The van der Waals surface area contributed by atoms with Gasteiger partial charge in [-0.3, -0.25) is 0 Å². The van der Waals surface area contributed by atoms with Crippen molar-refractivity contribution in [3.63, 3.8) is 0 Å². The van der Waals surface area contributed by atoms with Gasteiger partial charge in [-0.25, -0.2) is 0 Å². The second kappa shape index (κ2) is 4.94. The minimum Gasteiger partial charge on any atom is -0.400 e. The molecule has 1 heterocycles. The van der Waals surface area contributed by atoms with Gasteiger partial charge in [0.05, 0.1) is 19.3 Å².